The molecule has 1 aliphatic rings. The second-order valence-electron chi connectivity index (χ2n) is 9.62. The summed E-state index contributed by atoms with van der Waals surface area (Å²) in [5, 5.41) is 11.3. The van der Waals surface area contributed by atoms with E-state index in [1.54, 1.807) is 13.8 Å². The molecule has 0 bridgehead atoms. The van der Waals surface area contributed by atoms with E-state index in [1.165, 1.54) is 17.8 Å². The van der Waals surface area contributed by atoms with Gasteiger partial charge in [-0.3, -0.25) is 9.36 Å². The normalized spacial score (nSPS) is 18.5. The Morgan fingerprint density at radius 3 is 2.74 bits per heavy atom. The third kappa shape index (κ3) is 4.90. The second kappa shape index (κ2) is 8.96. The van der Waals surface area contributed by atoms with Crippen molar-refractivity contribution in [1.82, 2.24) is 14.5 Å². The number of hydrogen-bond acceptors (Lipinski definition) is 6. The molecule has 7 nitrogen and oxygen atoms in total. The summed E-state index contributed by atoms with van der Waals surface area (Å²) in [7, 11) is 2.06. The fraction of sp³-hybridized carbons (Fsp3) is 0.400. The molecule has 0 amide bonds. The van der Waals surface area contributed by atoms with E-state index in [4.69, 9.17) is 10.5 Å². The van der Waals surface area contributed by atoms with E-state index in [2.05, 4.69) is 29.9 Å². The van der Waals surface area contributed by atoms with Gasteiger partial charge in [-0.1, -0.05) is 17.6 Å². The molecule has 34 heavy (non-hydrogen) atoms. The number of aryl methyl sites for hydroxylation is 3. The van der Waals surface area contributed by atoms with Gasteiger partial charge in [-0.25, -0.2) is 9.97 Å². The highest BCUT2D eigenvalue weighted by Gasteiger charge is 2.32. The Hall–Kier alpha value is -3.04. The van der Waals surface area contributed by atoms with Crippen LogP contribution in [0.25, 0.3) is 10.9 Å². The molecule has 2 atom stereocenters. The van der Waals surface area contributed by atoms with Crippen LogP contribution >= 0.6 is 0 Å². The highest BCUT2D eigenvalue weighted by molar-refractivity contribution is 6.38. The minimum Gasteiger partial charge on any atom is -0.383 e. The number of fused-ring (bicyclic) bond motifs is 1. The van der Waals surface area contributed by atoms with Gasteiger partial charge in [-0.2, -0.15) is 4.39 Å². The molecule has 0 saturated carbocycles. The average molecular weight is 464 g/mol. The zero-order chi connectivity index (χ0) is 24.8. The van der Waals surface area contributed by atoms with Crippen molar-refractivity contribution in [2.24, 2.45) is 0 Å². The predicted octanol–water partition coefficient (Wildman–Crippen LogP) is 2.01. The standard InChI is InChI=1S/C25H30BFN4O3/c1-13-7-18-19(26)8-15(9-20(18)30-23(13)28)5-6-16-10-17(11-21(16)34-25(3,4)33)31-12-29-14(2)22(27)24(31)32/h7-10,12,17,21,33H,5-6,11,26H2,1-4H3,(H2,28,30)/t17?,21-/m0/s1. The van der Waals surface area contributed by atoms with Crippen molar-refractivity contribution in [3.8, 4) is 0 Å². The number of nitrogens with zero attached hydrogens (tertiary/aromatic N) is 3. The Labute approximate surface area is 198 Å². The molecule has 9 heteroatoms. The first-order valence-corrected chi connectivity index (χ1v) is 11.4. The number of rotatable bonds is 6. The van der Waals surface area contributed by atoms with Crippen LogP contribution in [0.2, 0.25) is 0 Å². The van der Waals surface area contributed by atoms with E-state index >= 15 is 0 Å². The van der Waals surface area contributed by atoms with Crippen LogP contribution in [0.1, 0.15) is 49.6 Å². The molecule has 3 N–H and O–H groups in total. The summed E-state index contributed by atoms with van der Waals surface area (Å²) in [4.78, 5) is 21.0. The van der Waals surface area contributed by atoms with Crippen molar-refractivity contribution in [3.63, 3.8) is 0 Å². The molecular weight excluding hydrogens is 434 g/mol. The first-order chi connectivity index (χ1) is 15.9. The maximum absolute atomic E-state index is 14.2. The molecule has 1 unspecified atom stereocenters. The van der Waals surface area contributed by atoms with Crippen LogP contribution < -0.4 is 16.8 Å². The lowest BCUT2D eigenvalue weighted by molar-refractivity contribution is -0.197. The number of hydrogen-bond donors (Lipinski definition) is 2. The number of pyridine rings is 1. The molecule has 0 saturated heterocycles. The zero-order valence-electron chi connectivity index (χ0n) is 20.2. The Morgan fingerprint density at radius 2 is 2.03 bits per heavy atom. The van der Waals surface area contributed by atoms with Crippen molar-refractivity contribution in [2.45, 2.75) is 64.9 Å². The van der Waals surface area contributed by atoms with Gasteiger partial charge in [0, 0.05) is 6.42 Å². The van der Waals surface area contributed by atoms with Gasteiger partial charge in [0.25, 0.3) is 5.56 Å². The first kappa shape index (κ1) is 24.1. The largest absolute Gasteiger partial charge is 0.383 e. The zero-order valence-corrected chi connectivity index (χ0v) is 20.2. The molecule has 1 aromatic carbocycles. The Balaban J connectivity index is 1.62. The summed E-state index contributed by atoms with van der Waals surface area (Å²) < 4.78 is 21.4. The number of nitrogen functional groups attached to an aromatic ring is 1. The number of aliphatic hydroxyl groups is 1. The topological polar surface area (TPSA) is 103 Å². The molecule has 0 radical (unpaired) electrons. The van der Waals surface area contributed by atoms with E-state index in [9.17, 15) is 14.3 Å². The average Bonchev–Trinajstić information content (AvgIpc) is 3.12. The SMILES string of the molecule is Bc1cc(CCC2=CC(n3cnc(C)c(F)c3=O)C[C@@H]2OC(C)(C)O)cc2nc(N)c(C)cc12. The van der Waals surface area contributed by atoms with Gasteiger partial charge in [-0.05, 0) is 74.8 Å². The van der Waals surface area contributed by atoms with Gasteiger partial charge in [0.2, 0.25) is 5.82 Å². The predicted molar refractivity (Wildman–Crippen MR) is 133 cm³/mol. The molecule has 2 heterocycles. The van der Waals surface area contributed by atoms with Gasteiger partial charge in [0.05, 0.1) is 29.7 Å². The molecule has 2 aromatic heterocycles. The van der Waals surface area contributed by atoms with Crippen LogP contribution in [0.5, 0.6) is 0 Å². The molecule has 1 aliphatic carbocycles. The van der Waals surface area contributed by atoms with Gasteiger partial charge in [-0.15, -0.1) is 0 Å². The van der Waals surface area contributed by atoms with Gasteiger partial charge in [0.15, 0.2) is 5.79 Å². The summed E-state index contributed by atoms with van der Waals surface area (Å²) in [5.74, 6) is -1.68. The first-order valence-electron chi connectivity index (χ1n) is 11.4. The summed E-state index contributed by atoms with van der Waals surface area (Å²) >= 11 is 0. The van der Waals surface area contributed by atoms with Crippen LogP contribution in [0, 0.1) is 19.7 Å². The highest BCUT2D eigenvalue weighted by Crippen LogP contribution is 2.35. The van der Waals surface area contributed by atoms with Crippen LogP contribution in [0.15, 0.2) is 41.0 Å². The molecule has 0 fully saturated rings. The third-order valence-electron chi connectivity index (χ3n) is 6.31. The van der Waals surface area contributed by atoms with Crippen LogP contribution in [0.3, 0.4) is 0 Å². The Morgan fingerprint density at radius 1 is 1.29 bits per heavy atom. The number of anilines is 1. The van der Waals surface area contributed by atoms with E-state index in [1.807, 2.05) is 19.1 Å². The molecule has 0 spiro atoms. The van der Waals surface area contributed by atoms with E-state index in [0.29, 0.717) is 25.1 Å². The summed E-state index contributed by atoms with van der Waals surface area (Å²) in [5.41, 5.74) is 10.4. The minimum atomic E-state index is -1.35. The fourth-order valence-corrected chi connectivity index (χ4v) is 4.54. The van der Waals surface area contributed by atoms with Crippen molar-refractivity contribution in [2.75, 3.05) is 5.73 Å². The molecular formula is C25H30BFN4O3. The minimum absolute atomic E-state index is 0.0730. The maximum atomic E-state index is 14.2. The van der Waals surface area contributed by atoms with Crippen molar-refractivity contribution >= 4 is 30.0 Å². The Kier molecular flexibility index (Phi) is 6.35. The van der Waals surface area contributed by atoms with Gasteiger partial charge >= 0.3 is 0 Å². The third-order valence-corrected chi connectivity index (χ3v) is 6.31. The number of benzene rings is 1. The summed E-state index contributed by atoms with van der Waals surface area (Å²) in [6.45, 7) is 6.55. The van der Waals surface area contributed by atoms with Crippen molar-refractivity contribution in [3.05, 3.63) is 69.2 Å². The summed E-state index contributed by atoms with van der Waals surface area (Å²) in [6.07, 6.45) is 4.68. The lowest BCUT2D eigenvalue weighted by Gasteiger charge is -2.26. The van der Waals surface area contributed by atoms with E-state index < -0.39 is 29.3 Å². The lowest BCUT2D eigenvalue weighted by Crippen LogP contribution is -2.32. The number of nitrogens with two attached hydrogens (primary N) is 1. The van der Waals surface area contributed by atoms with Crippen molar-refractivity contribution < 1.29 is 14.2 Å². The molecule has 0 aliphatic heterocycles. The smallest absolute Gasteiger partial charge is 0.290 e. The lowest BCUT2D eigenvalue weighted by atomic mass is 9.88. The quantitative estimate of drug-likeness (QED) is 0.329. The molecule has 4 rings (SSSR count). The monoisotopic (exact) mass is 464 g/mol. The van der Waals surface area contributed by atoms with Gasteiger partial charge < -0.3 is 15.6 Å². The number of allylic oxidation sites excluding steroid dienone is 1. The Bertz CT molecular complexity index is 1350. The molecule has 178 valence electrons. The maximum Gasteiger partial charge on any atom is 0.290 e. The van der Waals surface area contributed by atoms with Crippen LogP contribution in [0.4, 0.5) is 10.2 Å². The van der Waals surface area contributed by atoms with Crippen molar-refractivity contribution in [1.29, 1.82) is 0 Å². The van der Waals surface area contributed by atoms with Gasteiger partial charge in [0.1, 0.15) is 13.7 Å². The molecule has 3 aromatic rings. The second-order valence-corrected chi connectivity index (χ2v) is 9.62. The number of ether oxygens (including phenoxy) is 1. The van der Waals surface area contributed by atoms with Crippen LogP contribution in [-0.2, 0) is 11.2 Å². The summed E-state index contributed by atoms with van der Waals surface area (Å²) in [6, 6.07) is 5.84. The highest BCUT2D eigenvalue weighted by atomic mass is 19.1. The number of halogens is 1. The van der Waals surface area contributed by atoms with E-state index in [-0.39, 0.29) is 5.69 Å². The van der Waals surface area contributed by atoms with E-state index in [0.717, 1.165) is 33.1 Å². The van der Waals surface area contributed by atoms with Crippen LogP contribution in [-0.4, -0.2) is 39.4 Å². The number of aromatic nitrogens is 3. The fourth-order valence-electron chi connectivity index (χ4n) is 4.54.